The number of carbonyl (C=O) groups is 1. The molecular formula is C20H25NO4. The van der Waals surface area contributed by atoms with Gasteiger partial charge in [-0.1, -0.05) is 36.4 Å². The van der Waals surface area contributed by atoms with Gasteiger partial charge in [0.05, 0.1) is 13.2 Å². The van der Waals surface area contributed by atoms with E-state index in [-0.39, 0.29) is 12.5 Å². The number of aliphatic hydroxyl groups excluding tert-OH is 1. The number of aliphatic carboxylic acids is 1. The molecule has 0 aliphatic heterocycles. The molecule has 0 heterocycles. The number of hydrogen-bond donors (Lipinski definition) is 3. The van der Waals surface area contributed by atoms with Gasteiger partial charge in [-0.25, -0.2) is 0 Å². The molecular weight excluding hydrogens is 318 g/mol. The van der Waals surface area contributed by atoms with Crippen molar-refractivity contribution in [1.82, 2.24) is 5.32 Å². The Morgan fingerprint density at radius 3 is 2.40 bits per heavy atom. The van der Waals surface area contributed by atoms with E-state index in [1.165, 1.54) is 0 Å². The molecule has 0 aliphatic carbocycles. The molecule has 2 aromatic rings. The highest BCUT2D eigenvalue weighted by atomic mass is 16.5. The van der Waals surface area contributed by atoms with Crippen molar-refractivity contribution in [2.45, 2.75) is 38.5 Å². The second-order valence-corrected chi connectivity index (χ2v) is 6.17. The van der Waals surface area contributed by atoms with Gasteiger partial charge in [-0.15, -0.1) is 0 Å². The number of aryl methyl sites for hydroxylation is 1. The van der Waals surface area contributed by atoms with Gasteiger partial charge in [-0.05, 0) is 42.7 Å². The predicted molar refractivity (Wildman–Crippen MR) is 96.7 cm³/mol. The van der Waals surface area contributed by atoms with Gasteiger partial charge in [0, 0.05) is 12.5 Å². The highest BCUT2D eigenvalue weighted by Gasteiger charge is 2.24. The van der Waals surface area contributed by atoms with Gasteiger partial charge in [0.15, 0.2) is 0 Å². The Kier molecular flexibility index (Phi) is 6.56. The molecule has 5 nitrogen and oxygen atoms in total. The fourth-order valence-corrected chi connectivity index (χ4v) is 2.85. The number of aliphatic hydroxyl groups is 1. The van der Waals surface area contributed by atoms with Crippen LogP contribution >= 0.6 is 0 Å². The van der Waals surface area contributed by atoms with E-state index in [9.17, 15) is 15.0 Å². The SMILES string of the molecule is COc1ccc([C@@H](O)C[C@@H](N[C@H](C)c2ccccc2)C(=O)O)cc1C. The molecule has 0 spiro atoms. The number of carboxylic acids is 1. The van der Waals surface area contributed by atoms with Crippen LogP contribution in [0.2, 0.25) is 0 Å². The fourth-order valence-electron chi connectivity index (χ4n) is 2.85. The van der Waals surface area contributed by atoms with E-state index in [0.717, 1.165) is 16.9 Å². The van der Waals surface area contributed by atoms with Crippen LogP contribution in [0.5, 0.6) is 5.75 Å². The van der Waals surface area contributed by atoms with Crippen molar-refractivity contribution < 1.29 is 19.7 Å². The van der Waals surface area contributed by atoms with Crippen LogP contribution < -0.4 is 10.1 Å². The van der Waals surface area contributed by atoms with Crippen LogP contribution in [-0.4, -0.2) is 29.3 Å². The highest BCUT2D eigenvalue weighted by Crippen LogP contribution is 2.25. The molecule has 0 bridgehead atoms. The lowest BCUT2D eigenvalue weighted by Crippen LogP contribution is -2.39. The Morgan fingerprint density at radius 2 is 1.84 bits per heavy atom. The van der Waals surface area contributed by atoms with Gasteiger partial charge in [0.25, 0.3) is 0 Å². The molecule has 25 heavy (non-hydrogen) atoms. The predicted octanol–water partition coefficient (Wildman–Crippen LogP) is 3.23. The normalized spacial score (nSPS) is 14.6. The molecule has 0 fully saturated rings. The van der Waals surface area contributed by atoms with Crippen LogP contribution in [0.3, 0.4) is 0 Å². The number of ether oxygens (including phenoxy) is 1. The molecule has 2 rings (SSSR count). The Hall–Kier alpha value is -2.37. The molecule has 2 aromatic carbocycles. The zero-order chi connectivity index (χ0) is 18.4. The first-order chi connectivity index (χ1) is 11.9. The van der Waals surface area contributed by atoms with Crippen molar-refractivity contribution in [2.24, 2.45) is 0 Å². The highest BCUT2D eigenvalue weighted by molar-refractivity contribution is 5.73. The first kappa shape index (κ1) is 19.0. The topological polar surface area (TPSA) is 78.8 Å². The minimum Gasteiger partial charge on any atom is -0.496 e. The Bertz CT molecular complexity index is 702. The van der Waals surface area contributed by atoms with Crippen LogP contribution in [0.25, 0.3) is 0 Å². The van der Waals surface area contributed by atoms with Crippen LogP contribution in [0.1, 0.15) is 42.2 Å². The molecule has 0 amide bonds. The van der Waals surface area contributed by atoms with Gasteiger partial charge in [0.2, 0.25) is 0 Å². The van der Waals surface area contributed by atoms with E-state index < -0.39 is 18.1 Å². The number of nitrogens with one attached hydrogen (secondary N) is 1. The minimum absolute atomic E-state index is 0.0816. The van der Waals surface area contributed by atoms with E-state index in [2.05, 4.69) is 5.32 Å². The summed E-state index contributed by atoms with van der Waals surface area (Å²) in [6, 6.07) is 14.0. The minimum atomic E-state index is -0.980. The zero-order valence-electron chi connectivity index (χ0n) is 14.8. The van der Waals surface area contributed by atoms with E-state index in [4.69, 9.17) is 4.74 Å². The van der Waals surface area contributed by atoms with Crippen molar-refractivity contribution in [2.75, 3.05) is 7.11 Å². The number of carboxylic acid groups (broad SMARTS) is 1. The molecule has 134 valence electrons. The summed E-state index contributed by atoms with van der Waals surface area (Å²) in [5.41, 5.74) is 2.58. The lowest BCUT2D eigenvalue weighted by Gasteiger charge is -2.23. The third-order valence-electron chi connectivity index (χ3n) is 4.31. The van der Waals surface area contributed by atoms with Gasteiger partial charge in [-0.2, -0.15) is 0 Å². The second kappa shape index (κ2) is 8.65. The van der Waals surface area contributed by atoms with Crippen molar-refractivity contribution in [1.29, 1.82) is 0 Å². The van der Waals surface area contributed by atoms with Crippen molar-refractivity contribution in [3.63, 3.8) is 0 Å². The van der Waals surface area contributed by atoms with Gasteiger partial charge < -0.3 is 14.9 Å². The Labute approximate surface area is 148 Å². The largest absolute Gasteiger partial charge is 0.496 e. The van der Waals surface area contributed by atoms with Crippen molar-refractivity contribution >= 4 is 5.97 Å². The van der Waals surface area contributed by atoms with Crippen LogP contribution in [-0.2, 0) is 4.79 Å². The third-order valence-corrected chi connectivity index (χ3v) is 4.31. The molecule has 3 atom stereocenters. The van der Waals surface area contributed by atoms with Crippen LogP contribution in [0.15, 0.2) is 48.5 Å². The third kappa shape index (κ3) is 5.05. The van der Waals surface area contributed by atoms with Crippen LogP contribution in [0.4, 0.5) is 0 Å². The summed E-state index contributed by atoms with van der Waals surface area (Å²) in [4.78, 5) is 11.6. The maximum absolute atomic E-state index is 11.6. The van der Waals surface area contributed by atoms with Gasteiger partial charge >= 0.3 is 5.97 Å². The summed E-state index contributed by atoms with van der Waals surface area (Å²) in [6.45, 7) is 3.80. The molecule has 0 aliphatic rings. The van der Waals surface area contributed by atoms with E-state index in [1.54, 1.807) is 19.2 Å². The smallest absolute Gasteiger partial charge is 0.320 e. The van der Waals surface area contributed by atoms with E-state index >= 15 is 0 Å². The summed E-state index contributed by atoms with van der Waals surface area (Å²) in [6.07, 6.45) is -0.792. The van der Waals surface area contributed by atoms with Crippen molar-refractivity contribution in [3.8, 4) is 5.75 Å². The number of rotatable bonds is 8. The summed E-state index contributed by atoms with van der Waals surface area (Å²) < 4.78 is 5.21. The average molecular weight is 343 g/mol. The lowest BCUT2D eigenvalue weighted by atomic mass is 9.98. The second-order valence-electron chi connectivity index (χ2n) is 6.17. The molecule has 0 radical (unpaired) electrons. The quantitative estimate of drug-likeness (QED) is 0.686. The number of methoxy groups -OCH3 is 1. The fraction of sp³-hybridized carbons (Fsp3) is 0.350. The van der Waals surface area contributed by atoms with Crippen LogP contribution in [0, 0.1) is 6.92 Å². The number of benzene rings is 2. The maximum Gasteiger partial charge on any atom is 0.320 e. The lowest BCUT2D eigenvalue weighted by molar-refractivity contribution is -0.140. The summed E-state index contributed by atoms with van der Waals surface area (Å²) >= 11 is 0. The monoisotopic (exact) mass is 343 g/mol. The average Bonchev–Trinajstić information content (AvgIpc) is 2.61. The van der Waals surface area contributed by atoms with Gasteiger partial charge in [-0.3, -0.25) is 10.1 Å². The first-order valence-corrected chi connectivity index (χ1v) is 8.28. The molecule has 0 unspecified atom stereocenters. The zero-order valence-corrected chi connectivity index (χ0v) is 14.8. The summed E-state index contributed by atoms with van der Waals surface area (Å²) in [5, 5.41) is 23.1. The summed E-state index contributed by atoms with van der Waals surface area (Å²) in [5.74, 6) is -0.242. The van der Waals surface area contributed by atoms with Gasteiger partial charge in [0.1, 0.15) is 11.8 Å². The van der Waals surface area contributed by atoms with E-state index in [0.29, 0.717) is 5.56 Å². The number of hydrogen-bond acceptors (Lipinski definition) is 4. The molecule has 0 saturated carbocycles. The standard InChI is InChI=1S/C20H25NO4/c1-13-11-16(9-10-19(13)25-3)18(22)12-17(20(23)24)21-14(2)15-7-5-4-6-8-15/h4-11,14,17-18,21-22H,12H2,1-3H3,(H,23,24)/t14-,17-,18+/m1/s1. The molecule has 5 heteroatoms. The summed E-state index contributed by atoms with van der Waals surface area (Å²) in [7, 11) is 1.59. The maximum atomic E-state index is 11.6. The molecule has 3 N–H and O–H groups in total. The Morgan fingerprint density at radius 1 is 1.16 bits per heavy atom. The van der Waals surface area contributed by atoms with Crippen molar-refractivity contribution in [3.05, 3.63) is 65.2 Å². The molecule has 0 saturated heterocycles. The van der Waals surface area contributed by atoms with E-state index in [1.807, 2.05) is 50.2 Å². The Balaban J connectivity index is 2.08. The first-order valence-electron chi connectivity index (χ1n) is 8.28. The molecule has 0 aromatic heterocycles.